The second-order valence-corrected chi connectivity index (χ2v) is 5.79. The molecule has 1 fully saturated rings. The highest BCUT2D eigenvalue weighted by Crippen LogP contribution is 2.53. The maximum atomic E-state index is 14.4. The number of hydrogen-bond donors (Lipinski definition) is 2. The number of fused-ring (bicyclic) bond motifs is 1. The molecule has 8 heteroatoms. The normalized spacial score (nSPS) is 29.2. The van der Waals surface area contributed by atoms with Crippen LogP contribution in [0, 0.1) is 11.7 Å². The van der Waals surface area contributed by atoms with Gasteiger partial charge in [-0.25, -0.2) is 18.2 Å². The first-order chi connectivity index (χ1) is 10.8. The number of halogens is 3. The third-order valence-corrected chi connectivity index (χ3v) is 4.39. The van der Waals surface area contributed by atoms with Gasteiger partial charge in [-0.3, -0.25) is 4.79 Å². The van der Waals surface area contributed by atoms with E-state index in [4.69, 9.17) is 10.5 Å². The Bertz CT molecular complexity index is 680. The molecule has 1 heterocycles. The highest BCUT2D eigenvalue weighted by molar-refractivity contribution is 5.88. The largest absolute Gasteiger partial charge is 0.462 e. The lowest BCUT2D eigenvalue weighted by molar-refractivity contribution is -0.114. The first-order valence-electron chi connectivity index (χ1n) is 7.22. The average Bonchev–Trinajstić information content (AvgIpc) is 2.43. The number of nitrogens with one attached hydrogen (secondary N) is 1. The van der Waals surface area contributed by atoms with E-state index in [1.54, 1.807) is 0 Å². The number of amides is 1. The van der Waals surface area contributed by atoms with Crippen molar-refractivity contribution in [3.05, 3.63) is 29.6 Å². The maximum Gasteiger partial charge on any atom is 0.283 e. The Morgan fingerprint density at radius 2 is 2.22 bits per heavy atom. The molecule has 1 aliphatic carbocycles. The quantitative estimate of drug-likeness (QED) is 0.895. The molecule has 5 nitrogen and oxygen atoms in total. The van der Waals surface area contributed by atoms with Gasteiger partial charge in [-0.15, -0.1) is 0 Å². The molecule has 1 saturated carbocycles. The van der Waals surface area contributed by atoms with Crippen molar-refractivity contribution in [3.63, 3.8) is 0 Å². The number of nitrogens with two attached hydrogens (primary N) is 1. The standard InChI is InChI=1S/C15H16F3N3O2/c1-7(22)20-8-2-4-11(16)10(6-8)15(13(17)18)9-3-5-12(9)23-14(19)21-15/h2,4,6,9,12-13H,3,5H2,1H3,(H2,19,21)(H,20,22). The van der Waals surface area contributed by atoms with Crippen molar-refractivity contribution in [2.45, 2.75) is 37.8 Å². The van der Waals surface area contributed by atoms with Crippen molar-refractivity contribution in [1.82, 2.24) is 0 Å². The van der Waals surface area contributed by atoms with Crippen LogP contribution in [0.25, 0.3) is 0 Å². The minimum atomic E-state index is -2.96. The second-order valence-electron chi connectivity index (χ2n) is 5.79. The summed E-state index contributed by atoms with van der Waals surface area (Å²) < 4.78 is 47.6. The molecule has 0 bridgehead atoms. The fraction of sp³-hybridized carbons (Fsp3) is 0.467. The predicted molar refractivity (Wildman–Crippen MR) is 77.6 cm³/mol. The van der Waals surface area contributed by atoms with Crippen molar-refractivity contribution in [2.24, 2.45) is 16.6 Å². The van der Waals surface area contributed by atoms with Gasteiger partial charge in [0.25, 0.3) is 12.4 Å². The zero-order chi connectivity index (χ0) is 16.8. The summed E-state index contributed by atoms with van der Waals surface area (Å²) in [5, 5.41) is 2.46. The van der Waals surface area contributed by atoms with E-state index in [9.17, 15) is 18.0 Å². The van der Waals surface area contributed by atoms with E-state index in [2.05, 4.69) is 10.3 Å². The minimum Gasteiger partial charge on any atom is -0.462 e. The lowest BCUT2D eigenvalue weighted by atomic mass is 9.65. The number of carbonyl (C=O) groups is 1. The molecule has 3 unspecified atom stereocenters. The van der Waals surface area contributed by atoms with Crippen LogP contribution >= 0.6 is 0 Å². The number of hydrogen-bond acceptors (Lipinski definition) is 4. The number of benzene rings is 1. The van der Waals surface area contributed by atoms with Crippen LogP contribution in [-0.4, -0.2) is 24.5 Å². The molecule has 0 aromatic heterocycles. The third-order valence-electron chi connectivity index (χ3n) is 4.39. The van der Waals surface area contributed by atoms with Crippen LogP contribution in [0.15, 0.2) is 23.2 Å². The number of aliphatic imine (C=N–C) groups is 1. The van der Waals surface area contributed by atoms with Gasteiger partial charge in [-0.05, 0) is 31.0 Å². The Kier molecular flexibility index (Phi) is 3.69. The number of anilines is 1. The molecule has 3 atom stereocenters. The summed E-state index contributed by atoms with van der Waals surface area (Å²) >= 11 is 0. The topological polar surface area (TPSA) is 76.7 Å². The molecule has 23 heavy (non-hydrogen) atoms. The van der Waals surface area contributed by atoms with Gasteiger partial charge < -0.3 is 15.8 Å². The van der Waals surface area contributed by atoms with E-state index in [0.717, 1.165) is 6.07 Å². The first kappa shape index (κ1) is 15.6. The van der Waals surface area contributed by atoms with Gasteiger partial charge >= 0.3 is 0 Å². The molecule has 1 aromatic carbocycles. The molecule has 0 saturated heterocycles. The highest BCUT2D eigenvalue weighted by Gasteiger charge is 2.59. The van der Waals surface area contributed by atoms with E-state index in [-0.39, 0.29) is 23.2 Å². The smallest absolute Gasteiger partial charge is 0.283 e. The Labute approximate surface area is 130 Å². The Hall–Kier alpha value is -2.25. The number of carbonyl (C=O) groups excluding carboxylic acids is 1. The van der Waals surface area contributed by atoms with Gasteiger partial charge in [0.2, 0.25) is 5.91 Å². The Morgan fingerprint density at radius 1 is 1.48 bits per heavy atom. The zero-order valence-electron chi connectivity index (χ0n) is 12.4. The van der Waals surface area contributed by atoms with Gasteiger partial charge in [0.15, 0.2) is 5.54 Å². The molecule has 1 amide bonds. The van der Waals surface area contributed by atoms with Crippen LogP contribution in [0.4, 0.5) is 18.9 Å². The van der Waals surface area contributed by atoms with Crippen molar-refractivity contribution < 1.29 is 22.7 Å². The number of ether oxygens (including phenoxy) is 1. The maximum absolute atomic E-state index is 14.4. The summed E-state index contributed by atoms with van der Waals surface area (Å²) in [7, 11) is 0. The summed E-state index contributed by atoms with van der Waals surface area (Å²) in [6.45, 7) is 1.28. The minimum absolute atomic E-state index is 0.227. The first-order valence-corrected chi connectivity index (χ1v) is 7.22. The number of alkyl halides is 2. The van der Waals surface area contributed by atoms with Crippen LogP contribution in [0.2, 0.25) is 0 Å². The molecule has 0 radical (unpaired) electrons. The Balaban J connectivity index is 2.15. The molecule has 2 aliphatic rings. The average molecular weight is 327 g/mol. The summed E-state index contributed by atoms with van der Waals surface area (Å²) in [5.74, 6) is -1.86. The van der Waals surface area contributed by atoms with Crippen LogP contribution < -0.4 is 11.1 Å². The van der Waals surface area contributed by atoms with E-state index < -0.39 is 29.8 Å². The van der Waals surface area contributed by atoms with Gasteiger partial charge in [0.1, 0.15) is 11.9 Å². The van der Waals surface area contributed by atoms with Gasteiger partial charge in [0, 0.05) is 24.1 Å². The Morgan fingerprint density at radius 3 is 2.78 bits per heavy atom. The van der Waals surface area contributed by atoms with E-state index in [1.165, 1.54) is 19.1 Å². The molecule has 3 N–H and O–H groups in total. The van der Waals surface area contributed by atoms with E-state index >= 15 is 0 Å². The van der Waals surface area contributed by atoms with Crippen LogP contribution in [0.1, 0.15) is 25.3 Å². The SMILES string of the molecule is CC(=O)Nc1ccc(F)c(C2(C(F)F)N=C(N)OC3CCC32)c1. The molecular weight excluding hydrogens is 311 g/mol. The van der Waals surface area contributed by atoms with E-state index in [1.807, 2.05) is 0 Å². The zero-order valence-corrected chi connectivity index (χ0v) is 12.4. The van der Waals surface area contributed by atoms with Crippen LogP contribution in [0.3, 0.4) is 0 Å². The van der Waals surface area contributed by atoms with Gasteiger partial charge in [-0.2, -0.15) is 0 Å². The summed E-state index contributed by atoms with van der Waals surface area (Å²) in [5.41, 5.74) is 3.40. The summed E-state index contributed by atoms with van der Waals surface area (Å²) in [4.78, 5) is 15.0. The van der Waals surface area contributed by atoms with Crippen molar-refractivity contribution >= 4 is 17.6 Å². The summed E-state index contributed by atoms with van der Waals surface area (Å²) in [6.07, 6.45) is -2.44. The van der Waals surface area contributed by atoms with Crippen molar-refractivity contribution in [3.8, 4) is 0 Å². The number of nitrogens with zero attached hydrogens (tertiary/aromatic N) is 1. The molecule has 3 rings (SSSR count). The number of amidine groups is 1. The van der Waals surface area contributed by atoms with Gasteiger partial charge in [-0.1, -0.05) is 0 Å². The van der Waals surface area contributed by atoms with Gasteiger partial charge in [0.05, 0.1) is 0 Å². The lowest BCUT2D eigenvalue weighted by Gasteiger charge is -2.50. The number of rotatable bonds is 3. The van der Waals surface area contributed by atoms with Crippen molar-refractivity contribution in [2.75, 3.05) is 5.32 Å². The molecule has 124 valence electrons. The van der Waals surface area contributed by atoms with Crippen LogP contribution in [0.5, 0.6) is 0 Å². The molecule has 1 aliphatic heterocycles. The summed E-state index contributed by atoms with van der Waals surface area (Å²) in [6, 6.07) is 3.18. The molecule has 1 aromatic rings. The predicted octanol–water partition coefficient (Wildman–Crippen LogP) is 2.37. The fourth-order valence-electron chi connectivity index (χ4n) is 3.26. The van der Waals surface area contributed by atoms with Crippen LogP contribution in [-0.2, 0) is 15.1 Å². The molecule has 0 spiro atoms. The second kappa shape index (κ2) is 5.43. The monoisotopic (exact) mass is 327 g/mol. The molecular formula is C15H16F3N3O2. The fourth-order valence-corrected chi connectivity index (χ4v) is 3.26. The highest BCUT2D eigenvalue weighted by atomic mass is 19.3. The van der Waals surface area contributed by atoms with E-state index in [0.29, 0.717) is 12.8 Å². The lowest BCUT2D eigenvalue weighted by Crippen LogP contribution is -2.57. The third kappa shape index (κ3) is 2.42. The van der Waals surface area contributed by atoms with Crippen molar-refractivity contribution in [1.29, 1.82) is 0 Å².